The van der Waals surface area contributed by atoms with Crippen molar-refractivity contribution in [2.75, 3.05) is 20.8 Å². The van der Waals surface area contributed by atoms with E-state index in [2.05, 4.69) is 25.1 Å². The molecule has 0 saturated carbocycles. The number of rotatable bonds is 2. The predicted octanol–water partition coefficient (Wildman–Crippen LogP) is 3.79. The van der Waals surface area contributed by atoms with Crippen LogP contribution in [0.15, 0.2) is 29.8 Å². The van der Waals surface area contributed by atoms with Gasteiger partial charge in [0.05, 0.1) is 27.4 Å². The van der Waals surface area contributed by atoms with Crippen LogP contribution in [0.2, 0.25) is 0 Å². The van der Waals surface area contributed by atoms with Gasteiger partial charge in [0, 0.05) is 10.8 Å². The van der Waals surface area contributed by atoms with Crippen molar-refractivity contribution in [1.82, 2.24) is 0 Å². The molecule has 0 radical (unpaired) electrons. The second kappa shape index (κ2) is 5.17. The Morgan fingerprint density at radius 1 is 0.950 bits per heavy atom. The third-order valence-corrected chi connectivity index (χ3v) is 3.65. The molecule has 0 unspecified atom stereocenters. The Morgan fingerprint density at radius 2 is 1.70 bits per heavy atom. The zero-order chi connectivity index (χ0) is 14.1. The minimum absolute atomic E-state index is 0.624. The lowest BCUT2D eigenvalue weighted by Gasteiger charge is -2.14. The first kappa shape index (κ1) is 13.0. The van der Waals surface area contributed by atoms with Gasteiger partial charge < -0.3 is 14.2 Å². The van der Waals surface area contributed by atoms with E-state index in [1.165, 1.54) is 16.7 Å². The van der Waals surface area contributed by atoms with Crippen molar-refractivity contribution in [3.63, 3.8) is 0 Å². The van der Waals surface area contributed by atoms with Crippen LogP contribution in [0.1, 0.15) is 18.1 Å². The van der Waals surface area contributed by atoms with E-state index in [9.17, 15) is 0 Å². The number of benzene rings is 2. The second-order valence-corrected chi connectivity index (χ2v) is 5.01. The molecule has 0 fully saturated rings. The molecule has 0 amide bonds. The normalized spacial score (nSPS) is 14.4. The molecule has 0 aliphatic carbocycles. The van der Waals surface area contributed by atoms with Crippen LogP contribution < -0.4 is 9.47 Å². The molecule has 3 rings (SSSR count). The van der Waals surface area contributed by atoms with Crippen LogP contribution in [0.25, 0.3) is 16.8 Å². The van der Waals surface area contributed by atoms with Crippen molar-refractivity contribution >= 4 is 16.8 Å². The highest BCUT2D eigenvalue weighted by Crippen LogP contribution is 2.38. The van der Waals surface area contributed by atoms with Crippen LogP contribution in [-0.4, -0.2) is 20.8 Å². The Labute approximate surface area is 118 Å². The van der Waals surface area contributed by atoms with E-state index in [1.54, 1.807) is 14.2 Å². The zero-order valence-electron chi connectivity index (χ0n) is 12.0. The lowest BCUT2D eigenvalue weighted by molar-refractivity contribution is 0.145. The maximum Gasteiger partial charge on any atom is 0.127 e. The highest BCUT2D eigenvalue weighted by atomic mass is 16.5. The molecule has 1 heterocycles. The Morgan fingerprint density at radius 3 is 2.45 bits per heavy atom. The smallest absolute Gasteiger partial charge is 0.127 e. The van der Waals surface area contributed by atoms with Crippen molar-refractivity contribution in [2.24, 2.45) is 0 Å². The summed E-state index contributed by atoms with van der Waals surface area (Å²) >= 11 is 0. The van der Waals surface area contributed by atoms with Crippen LogP contribution in [0, 0.1) is 0 Å². The third kappa shape index (κ3) is 2.04. The number of ether oxygens (including phenoxy) is 3. The Kier molecular flexibility index (Phi) is 3.36. The summed E-state index contributed by atoms with van der Waals surface area (Å²) in [5.41, 5.74) is 3.57. The summed E-state index contributed by atoms with van der Waals surface area (Å²) in [6.45, 7) is 3.38. The van der Waals surface area contributed by atoms with Gasteiger partial charge in [-0.25, -0.2) is 0 Å². The van der Waals surface area contributed by atoms with Crippen LogP contribution in [0.3, 0.4) is 0 Å². The highest BCUT2D eigenvalue weighted by Gasteiger charge is 2.16. The lowest BCUT2D eigenvalue weighted by Crippen LogP contribution is -1.96. The fourth-order valence-electron chi connectivity index (χ4n) is 2.71. The summed E-state index contributed by atoms with van der Waals surface area (Å²) in [6.07, 6.45) is 2.19. The molecule has 3 heteroatoms. The largest absolute Gasteiger partial charge is 0.496 e. The lowest BCUT2D eigenvalue weighted by atomic mass is 9.96. The Hall–Kier alpha value is -2.00. The van der Waals surface area contributed by atoms with Crippen molar-refractivity contribution in [3.8, 4) is 11.5 Å². The van der Waals surface area contributed by atoms with Crippen LogP contribution in [0.5, 0.6) is 11.5 Å². The van der Waals surface area contributed by atoms with E-state index < -0.39 is 0 Å². The molecule has 0 bridgehead atoms. The molecule has 20 heavy (non-hydrogen) atoms. The molecule has 0 aromatic heterocycles. The van der Waals surface area contributed by atoms with Crippen LogP contribution in [-0.2, 0) is 11.3 Å². The van der Waals surface area contributed by atoms with Crippen molar-refractivity contribution in [1.29, 1.82) is 0 Å². The van der Waals surface area contributed by atoms with E-state index in [0.29, 0.717) is 13.2 Å². The molecule has 0 saturated heterocycles. The SMILES string of the molecule is COc1ccc(OC)c2c3c(ccc12)COCC(C)=C3. The molecule has 2 aromatic carbocycles. The van der Waals surface area contributed by atoms with Gasteiger partial charge in [-0.1, -0.05) is 18.2 Å². The summed E-state index contributed by atoms with van der Waals surface area (Å²) in [4.78, 5) is 0. The van der Waals surface area contributed by atoms with Gasteiger partial charge in [-0.05, 0) is 35.8 Å². The van der Waals surface area contributed by atoms with Gasteiger partial charge >= 0.3 is 0 Å². The maximum absolute atomic E-state index is 5.67. The third-order valence-electron chi connectivity index (χ3n) is 3.65. The van der Waals surface area contributed by atoms with E-state index >= 15 is 0 Å². The molecular weight excluding hydrogens is 252 g/mol. The van der Waals surface area contributed by atoms with Gasteiger partial charge in [-0.2, -0.15) is 0 Å². The van der Waals surface area contributed by atoms with Gasteiger partial charge in [0.1, 0.15) is 11.5 Å². The standard InChI is InChI=1S/C17H18O3/c1-11-8-14-12(10-20-9-11)4-5-13-15(18-2)6-7-16(19-3)17(13)14/h4-8H,9-10H2,1-3H3. The van der Waals surface area contributed by atoms with E-state index in [0.717, 1.165) is 22.3 Å². The zero-order valence-corrected chi connectivity index (χ0v) is 12.0. The van der Waals surface area contributed by atoms with Gasteiger partial charge in [-0.15, -0.1) is 0 Å². The van der Waals surface area contributed by atoms with Crippen molar-refractivity contribution < 1.29 is 14.2 Å². The van der Waals surface area contributed by atoms with Crippen LogP contribution in [0.4, 0.5) is 0 Å². The minimum atomic E-state index is 0.624. The van der Waals surface area contributed by atoms with Gasteiger partial charge in [0.25, 0.3) is 0 Å². The van der Waals surface area contributed by atoms with Gasteiger partial charge in [0.2, 0.25) is 0 Å². The molecule has 0 N–H and O–H groups in total. The van der Waals surface area contributed by atoms with E-state index in [1.807, 2.05) is 12.1 Å². The van der Waals surface area contributed by atoms with Crippen molar-refractivity contribution in [3.05, 3.63) is 41.0 Å². The molecular formula is C17H18O3. The first-order valence-electron chi connectivity index (χ1n) is 6.66. The fourth-order valence-corrected chi connectivity index (χ4v) is 2.71. The molecule has 1 aliphatic rings. The second-order valence-electron chi connectivity index (χ2n) is 5.01. The first-order chi connectivity index (χ1) is 9.74. The molecule has 104 valence electrons. The van der Waals surface area contributed by atoms with Crippen molar-refractivity contribution in [2.45, 2.75) is 13.5 Å². The number of hydrogen-bond donors (Lipinski definition) is 0. The number of fused-ring (bicyclic) bond motifs is 3. The average Bonchev–Trinajstić information content (AvgIpc) is 2.66. The maximum atomic E-state index is 5.67. The first-order valence-corrected chi connectivity index (χ1v) is 6.66. The molecule has 2 aromatic rings. The highest BCUT2D eigenvalue weighted by molar-refractivity contribution is 6.00. The molecule has 0 atom stereocenters. The van der Waals surface area contributed by atoms with E-state index in [4.69, 9.17) is 14.2 Å². The summed E-state index contributed by atoms with van der Waals surface area (Å²) in [5, 5.41) is 2.16. The number of hydrogen-bond acceptors (Lipinski definition) is 3. The summed E-state index contributed by atoms with van der Waals surface area (Å²) in [6, 6.07) is 8.08. The van der Waals surface area contributed by atoms with Gasteiger partial charge in [0.15, 0.2) is 0 Å². The van der Waals surface area contributed by atoms with Crippen LogP contribution >= 0.6 is 0 Å². The quantitative estimate of drug-likeness (QED) is 0.831. The molecule has 0 spiro atoms. The summed E-state index contributed by atoms with van der Waals surface area (Å²) < 4.78 is 16.7. The Bertz CT molecular complexity index is 686. The monoisotopic (exact) mass is 270 g/mol. The minimum Gasteiger partial charge on any atom is -0.496 e. The average molecular weight is 270 g/mol. The van der Waals surface area contributed by atoms with Gasteiger partial charge in [-0.3, -0.25) is 0 Å². The predicted molar refractivity (Wildman–Crippen MR) is 80.4 cm³/mol. The fraction of sp³-hybridized carbons (Fsp3) is 0.294. The topological polar surface area (TPSA) is 27.7 Å². The summed E-state index contributed by atoms with van der Waals surface area (Å²) in [7, 11) is 3.39. The Balaban J connectivity index is 2.41. The summed E-state index contributed by atoms with van der Waals surface area (Å²) in [5.74, 6) is 1.73. The van der Waals surface area contributed by atoms with E-state index in [-0.39, 0.29) is 0 Å². The molecule has 1 aliphatic heterocycles. The number of methoxy groups -OCH3 is 2. The molecule has 3 nitrogen and oxygen atoms in total.